The number of anilines is 1. The first-order valence-corrected chi connectivity index (χ1v) is 7.39. The lowest BCUT2D eigenvalue weighted by atomic mass is 10.1. The monoisotopic (exact) mass is 337 g/mol. The third kappa shape index (κ3) is 4.28. The Balaban J connectivity index is 2.11. The lowest BCUT2D eigenvalue weighted by molar-refractivity contribution is -0.137. The summed E-state index contributed by atoms with van der Waals surface area (Å²) in [6.45, 7) is 5.34. The number of benzene rings is 2. The van der Waals surface area contributed by atoms with Crippen molar-refractivity contribution in [3.05, 3.63) is 59.2 Å². The normalized spacial score (nSPS) is 12.6. The average Bonchev–Trinajstić information content (AvgIpc) is 2.50. The highest BCUT2D eigenvalue weighted by Gasteiger charge is 2.34. The molecule has 3 nitrogen and oxygen atoms in total. The van der Waals surface area contributed by atoms with Gasteiger partial charge in [0, 0.05) is 0 Å². The van der Waals surface area contributed by atoms with Crippen LogP contribution < -0.4 is 10.1 Å². The van der Waals surface area contributed by atoms with Gasteiger partial charge in [0.05, 0.1) is 11.3 Å². The number of nitrogens with one attached hydrogen (secondary N) is 1. The Morgan fingerprint density at radius 2 is 1.75 bits per heavy atom. The molecule has 2 rings (SSSR count). The van der Waals surface area contributed by atoms with Gasteiger partial charge in [0.1, 0.15) is 5.75 Å². The van der Waals surface area contributed by atoms with Crippen LogP contribution >= 0.6 is 0 Å². The lowest BCUT2D eigenvalue weighted by Gasteiger charge is -2.18. The smallest absolute Gasteiger partial charge is 0.418 e. The molecule has 24 heavy (non-hydrogen) atoms. The summed E-state index contributed by atoms with van der Waals surface area (Å²) in [6, 6.07) is 10.2. The van der Waals surface area contributed by atoms with Crippen molar-refractivity contribution in [2.75, 3.05) is 5.32 Å². The Morgan fingerprint density at radius 1 is 1.08 bits per heavy atom. The van der Waals surface area contributed by atoms with Gasteiger partial charge in [0.2, 0.25) is 0 Å². The maximum Gasteiger partial charge on any atom is 0.418 e. The van der Waals surface area contributed by atoms with E-state index in [4.69, 9.17) is 4.74 Å². The molecule has 0 bridgehead atoms. The first-order valence-electron chi connectivity index (χ1n) is 7.39. The van der Waals surface area contributed by atoms with E-state index >= 15 is 0 Å². The zero-order chi connectivity index (χ0) is 17.9. The van der Waals surface area contributed by atoms with Crippen LogP contribution in [0.25, 0.3) is 0 Å². The van der Waals surface area contributed by atoms with Crippen molar-refractivity contribution in [2.45, 2.75) is 33.1 Å². The van der Waals surface area contributed by atoms with E-state index < -0.39 is 23.8 Å². The molecule has 0 aliphatic heterocycles. The minimum absolute atomic E-state index is 0.287. The van der Waals surface area contributed by atoms with Crippen LogP contribution in [0.4, 0.5) is 18.9 Å². The Morgan fingerprint density at radius 3 is 2.38 bits per heavy atom. The fourth-order valence-corrected chi connectivity index (χ4v) is 2.12. The molecule has 0 aliphatic rings. The van der Waals surface area contributed by atoms with E-state index in [1.54, 1.807) is 12.1 Å². The average molecular weight is 337 g/mol. The number of aryl methyl sites for hydroxylation is 2. The minimum Gasteiger partial charge on any atom is -0.481 e. The number of hydrogen-bond acceptors (Lipinski definition) is 2. The predicted molar refractivity (Wildman–Crippen MR) is 86.1 cm³/mol. The fraction of sp³-hybridized carbons (Fsp3) is 0.278. The molecular weight excluding hydrogens is 319 g/mol. The number of amides is 1. The summed E-state index contributed by atoms with van der Waals surface area (Å²) < 4.78 is 44.4. The molecule has 1 unspecified atom stereocenters. The predicted octanol–water partition coefficient (Wildman–Crippen LogP) is 4.73. The van der Waals surface area contributed by atoms with Crippen molar-refractivity contribution in [3.63, 3.8) is 0 Å². The van der Waals surface area contributed by atoms with Gasteiger partial charge in [-0.2, -0.15) is 13.2 Å². The number of halogens is 3. The van der Waals surface area contributed by atoms with Gasteiger partial charge in [0.15, 0.2) is 6.10 Å². The second-order valence-electron chi connectivity index (χ2n) is 5.54. The molecule has 0 aliphatic carbocycles. The molecule has 1 N–H and O–H groups in total. The highest BCUT2D eigenvalue weighted by Crippen LogP contribution is 2.34. The van der Waals surface area contributed by atoms with Crippen molar-refractivity contribution in [1.82, 2.24) is 0 Å². The second kappa shape index (κ2) is 6.95. The van der Waals surface area contributed by atoms with E-state index in [0.717, 1.165) is 17.2 Å². The van der Waals surface area contributed by atoms with Crippen molar-refractivity contribution in [2.24, 2.45) is 0 Å². The number of carbonyl (C=O) groups excluding carboxylic acids is 1. The number of carbonyl (C=O) groups is 1. The van der Waals surface area contributed by atoms with Crippen LogP contribution in [0, 0.1) is 13.8 Å². The molecule has 128 valence electrons. The molecule has 1 atom stereocenters. The molecular formula is C18H18F3NO2. The van der Waals surface area contributed by atoms with E-state index in [1.807, 2.05) is 19.9 Å². The van der Waals surface area contributed by atoms with Crippen molar-refractivity contribution in [1.29, 1.82) is 0 Å². The molecule has 0 saturated carbocycles. The van der Waals surface area contributed by atoms with Crippen molar-refractivity contribution >= 4 is 11.6 Å². The highest BCUT2D eigenvalue weighted by atomic mass is 19.4. The largest absolute Gasteiger partial charge is 0.481 e. The molecule has 0 spiro atoms. The summed E-state index contributed by atoms with van der Waals surface area (Å²) in [4.78, 5) is 12.1. The Hall–Kier alpha value is -2.50. The van der Waals surface area contributed by atoms with E-state index in [2.05, 4.69) is 5.32 Å². The third-order valence-corrected chi connectivity index (χ3v) is 3.65. The first-order chi connectivity index (χ1) is 11.2. The van der Waals surface area contributed by atoms with Gasteiger partial charge >= 0.3 is 6.18 Å². The second-order valence-corrected chi connectivity index (χ2v) is 5.54. The topological polar surface area (TPSA) is 38.3 Å². The molecule has 0 radical (unpaired) electrons. The van der Waals surface area contributed by atoms with Gasteiger partial charge in [-0.05, 0) is 56.2 Å². The summed E-state index contributed by atoms with van der Waals surface area (Å²) in [5.41, 5.74) is 0.906. The molecule has 0 saturated heterocycles. The minimum atomic E-state index is -4.54. The van der Waals surface area contributed by atoms with E-state index in [9.17, 15) is 18.0 Å². The van der Waals surface area contributed by atoms with Gasteiger partial charge < -0.3 is 10.1 Å². The van der Waals surface area contributed by atoms with E-state index in [0.29, 0.717) is 5.75 Å². The van der Waals surface area contributed by atoms with Crippen LogP contribution in [0.2, 0.25) is 0 Å². The van der Waals surface area contributed by atoms with Crippen LogP contribution in [0.15, 0.2) is 42.5 Å². The van der Waals surface area contributed by atoms with Crippen LogP contribution in [-0.2, 0) is 11.0 Å². The standard InChI is InChI=1S/C18H18F3NO2/c1-11-8-9-14(10-12(11)2)24-13(3)17(23)22-16-7-5-4-6-15(16)18(19,20)21/h4-10,13H,1-3H3,(H,22,23). The molecule has 2 aromatic rings. The molecule has 0 fully saturated rings. The van der Waals surface area contributed by atoms with E-state index in [1.165, 1.54) is 25.1 Å². The van der Waals surface area contributed by atoms with Gasteiger partial charge in [-0.25, -0.2) is 0 Å². The summed E-state index contributed by atoms with van der Waals surface area (Å²) in [5.74, 6) is -0.158. The van der Waals surface area contributed by atoms with Crippen LogP contribution in [-0.4, -0.2) is 12.0 Å². The zero-order valence-electron chi connectivity index (χ0n) is 13.6. The molecule has 6 heteroatoms. The molecule has 2 aromatic carbocycles. The Bertz CT molecular complexity index is 741. The molecule has 0 aromatic heterocycles. The van der Waals surface area contributed by atoms with Crippen LogP contribution in [0.5, 0.6) is 5.75 Å². The maximum atomic E-state index is 12.9. The van der Waals surface area contributed by atoms with Crippen molar-refractivity contribution in [3.8, 4) is 5.75 Å². The van der Waals surface area contributed by atoms with E-state index in [-0.39, 0.29) is 5.69 Å². The van der Waals surface area contributed by atoms with Crippen molar-refractivity contribution < 1.29 is 22.7 Å². The molecule has 1 amide bonds. The lowest BCUT2D eigenvalue weighted by Crippen LogP contribution is -2.31. The fourth-order valence-electron chi connectivity index (χ4n) is 2.12. The summed E-state index contributed by atoms with van der Waals surface area (Å²) in [7, 11) is 0. The number of hydrogen-bond donors (Lipinski definition) is 1. The first kappa shape index (κ1) is 17.8. The van der Waals surface area contributed by atoms with Gasteiger partial charge in [-0.15, -0.1) is 0 Å². The van der Waals surface area contributed by atoms with Crippen LogP contribution in [0.1, 0.15) is 23.6 Å². The summed E-state index contributed by atoms with van der Waals surface area (Å²) in [6.07, 6.45) is -5.48. The maximum absolute atomic E-state index is 12.9. The number of para-hydroxylation sites is 1. The quantitative estimate of drug-likeness (QED) is 0.876. The Kier molecular flexibility index (Phi) is 5.17. The molecule has 0 heterocycles. The third-order valence-electron chi connectivity index (χ3n) is 3.65. The number of rotatable bonds is 4. The Labute approximate surface area is 138 Å². The number of ether oxygens (including phenoxy) is 1. The summed E-state index contributed by atoms with van der Waals surface area (Å²) >= 11 is 0. The summed E-state index contributed by atoms with van der Waals surface area (Å²) in [5, 5.41) is 2.28. The van der Waals surface area contributed by atoms with Gasteiger partial charge in [-0.3, -0.25) is 4.79 Å². The zero-order valence-corrected chi connectivity index (χ0v) is 13.6. The highest BCUT2D eigenvalue weighted by molar-refractivity contribution is 5.94. The van der Waals surface area contributed by atoms with Gasteiger partial charge in [-0.1, -0.05) is 18.2 Å². The van der Waals surface area contributed by atoms with Crippen LogP contribution in [0.3, 0.4) is 0 Å². The SMILES string of the molecule is Cc1ccc(OC(C)C(=O)Nc2ccccc2C(F)(F)F)cc1C. The van der Waals surface area contributed by atoms with Gasteiger partial charge in [0.25, 0.3) is 5.91 Å². The number of alkyl halides is 3.